The number of aryl methyl sites for hydroxylation is 1. The molecule has 0 radical (unpaired) electrons. The zero-order chi connectivity index (χ0) is 16.6. The number of halogens is 1. The van der Waals surface area contributed by atoms with Crippen molar-refractivity contribution in [2.45, 2.75) is 26.2 Å². The molecule has 1 aliphatic heterocycles. The van der Waals surface area contributed by atoms with Gasteiger partial charge in [-0.2, -0.15) is 0 Å². The average Bonchev–Trinajstić information content (AvgIpc) is 2.84. The van der Waals surface area contributed by atoms with E-state index in [2.05, 4.69) is 15.9 Å². The molecule has 0 atom stereocenters. The summed E-state index contributed by atoms with van der Waals surface area (Å²) in [7, 11) is 0. The monoisotopic (exact) mass is 379 g/mol. The number of aliphatic carboxylic acids is 1. The molecule has 0 aliphatic carbocycles. The van der Waals surface area contributed by atoms with E-state index < -0.39 is 5.97 Å². The van der Waals surface area contributed by atoms with Crippen LogP contribution in [0.1, 0.15) is 35.4 Å². The summed E-state index contributed by atoms with van der Waals surface area (Å²) < 4.78 is 6.70. The van der Waals surface area contributed by atoms with E-state index in [1.54, 1.807) is 4.90 Å². The van der Waals surface area contributed by atoms with Gasteiger partial charge in [-0.1, -0.05) is 15.9 Å². The molecule has 1 saturated heterocycles. The Morgan fingerprint density at radius 2 is 2.04 bits per heavy atom. The summed E-state index contributed by atoms with van der Waals surface area (Å²) in [6.45, 7) is 3.05. The van der Waals surface area contributed by atoms with Crippen LogP contribution in [0.3, 0.4) is 0 Å². The van der Waals surface area contributed by atoms with Crippen LogP contribution >= 0.6 is 15.9 Å². The van der Waals surface area contributed by atoms with Gasteiger partial charge in [-0.15, -0.1) is 0 Å². The van der Waals surface area contributed by atoms with Crippen molar-refractivity contribution in [2.24, 2.45) is 5.92 Å². The number of furan rings is 1. The maximum Gasteiger partial charge on any atom is 0.303 e. The number of carbonyl (C=O) groups is 2. The van der Waals surface area contributed by atoms with Gasteiger partial charge in [-0.3, -0.25) is 9.59 Å². The van der Waals surface area contributed by atoms with Gasteiger partial charge in [0.2, 0.25) is 0 Å². The summed E-state index contributed by atoms with van der Waals surface area (Å²) in [5, 5.41) is 9.79. The number of fused-ring (bicyclic) bond motifs is 1. The normalized spacial score (nSPS) is 16.0. The molecule has 1 aliphatic rings. The van der Waals surface area contributed by atoms with Gasteiger partial charge >= 0.3 is 5.97 Å². The van der Waals surface area contributed by atoms with E-state index in [0.717, 1.165) is 28.3 Å². The van der Waals surface area contributed by atoms with E-state index in [1.165, 1.54) is 0 Å². The van der Waals surface area contributed by atoms with Crippen LogP contribution in [0, 0.1) is 12.8 Å². The molecular weight excluding hydrogens is 362 g/mol. The quantitative estimate of drug-likeness (QED) is 0.879. The zero-order valence-corrected chi connectivity index (χ0v) is 14.4. The van der Waals surface area contributed by atoms with Crippen molar-refractivity contribution < 1.29 is 19.1 Å². The maximum atomic E-state index is 12.7. The van der Waals surface area contributed by atoms with E-state index in [9.17, 15) is 9.59 Å². The van der Waals surface area contributed by atoms with E-state index in [1.807, 2.05) is 25.1 Å². The van der Waals surface area contributed by atoms with Gasteiger partial charge in [-0.05, 0) is 43.9 Å². The molecule has 1 amide bonds. The minimum Gasteiger partial charge on any atom is -0.481 e. The molecule has 3 rings (SSSR count). The molecule has 5 nitrogen and oxygen atoms in total. The van der Waals surface area contributed by atoms with Crippen LogP contribution in [-0.2, 0) is 4.79 Å². The van der Waals surface area contributed by atoms with Crippen LogP contribution in [0.4, 0.5) is 0 Å². The van der Waals surface area contributed by atoms with E-state index in [-0.39, 0.29) is 18.2 Å². The summed E-state index contributed by atoms with van der Waals surface area (Å²) in [5.74, 6) is -0.337. The summed E-state index contributed by atoms with van der Waals surface area (Å²) in [4.78, 5) is 25.2. The number of piperidine rings is 1. The Balaban J connectivity index is 1.76. The molecule has 23 heavy (non-hydrogen) atoms. The highest BCUT2D eigenvalue weighted by Crippen LogP contribution is 2.30. The molecule has 1 aromatic carbocycles. The fourth-order valence-electron chi connectivity index (χ4n) is 3.13. The average molecular weight is 380 g/mol. The number of carbonyl (C=O) groups excluding carboxylic acids is 1. The minimum atomic E-state index is -0.770. The third kappa shape index (κ3) is 3.27. The van der Waals surface area contributed by atoms with Gasteiger partial charge in [0, 0.05) is 34.9 Å². The largest absolute Gasteiger partial charge is 0.481 e. The van der Waals surface area contributed by atoms with Crippen LogP contribution in [-0.4, -0.2) is 35.0 Å². The standard InChI is InChI=1S/C17H18BrNO4/c1-10-13-9-12(18)2-3-14(13)23-16(10)17(22)19-6-4-11(5-7-19)8-15(20)21/h2-3,9,11H,4-8H2,1H3,(H,20,21). The fraction of sp³-hybridized carbons (Fsp3) is 0.412. The molecule has 0 bridgehead atoms. The molecule has 0 unspecified atom stereocenters. The van der Waals surface area contributed by atoms with Crippen molar-refractivity contribution in [1.29, 1.82) is 0 Å². The first-order chi connectivity index (χ1) is 11.0. The number of hydrogen-bond donors (Lipinski definition) is 1. The van der Waals surface area contributed by atoms with Crippen LogP contribution in [0.25, 0.3) is 11.0 Å². The van der Waals surface area contributed by atoms with Crippen molar-refractivity contribution in [2.75, 3.05) is 13.1 Å². The number of hydrogen-bond acceptors (Lipinski definition) is 3. The van der Waals surface area contributed by atoms with Gasteiger partial charge in [-0.25, -0.2) is 0 Å². The Kier molecular flexibility index (Phi) is 4.43. The van der Waals surface area contributed by atoms with Crippen LogP contribution in [0.15, 0.2) is 27.1 Å². The number of rotatable bonds is 3. The lowest BCUT2D eigenvalue weighted by atomic mass is 9.93. The van der Waals surface area contributed by atoms with Gasteiger partial charge in [0.05, 0.1) is 0 Å². The maximum absolute atomic E-state index is 12.7. The Hall–Kier alpha value is -1.82. The summed E-state index contributed by atoms with van der Waals surface area (Å²) >= 11 is 3.43. The third-order valence-electron chi connectivity index (χ3n) is 4.46. The Bertz CT molecular complexity index is 759. The number of nitrogens with zero attached hydrogens (tertiary/aromatic N) is 1. The molecular formula is C17H18BrNO4. The van der Waals surface area contributed by atoms with Gasteiger partial charge < -0.3 is 14.4 Å². The predicted molar refractivity (Wildman–Crippen MR) is 89.5 cm³/mol. The van der Waals surface area contributed by atoms with E-state index >= 15 is 0 Å². The summed E-state index contributed by atoms with van der Waals surface area (Å²) in [5.41, 5.74) is 1.55. The van der Waals surface area contributed by atoms with E-state index in [4.69, 9.17) is 9.52 Å². The highest BCUT2D eigenvalue weighted by Gasteiger charge is 2.28. The predicted octanol–water partition coefficient (Wildman–Crippen LogP) is 3.83. The molecule has 1 fully saturated rings. The Morgan fingerprint density at radius 1 is 1.35 bits per heavy atom. The summed E-state index contributed by atoms with van der Waals surface area (Å²) in [6.07, 6.45) is 1.63. The molecule has 0 spiro atoms. The number of carboxylic acids is 1. The number of carboxylic acid groups (broad SMARTS) is 1. The Labute approximate surface area is 142 Å². The fourth-order valence-corrected chi connectivity index (χ4v) is 3.49. The van der Waals surface area contributed by atoms with E-state index in [0.29, 0.717) is 24.4 Å². The van der Waals surface area contributed by atoms with Gasteiger partial charge in [0.25, 0.3) is 5.91 Å². The van der Waals surface area contributed by atoms with Crippen LogP contribution in [0.2, 0.25) is 0 Å². The molecule has 2 heterocycles. The first-order valence-corrected chi connectivity index (χ1v) is 8.44. The molecule has 2 aromatic rings. The second-order valence-electron chi connectivity index (χ2n) is 6.03. The minimum absolute atomic E-state index is 0.108. The molecule has 122 valence electrons. The summed E-state index contributed by atoms with van der Waals surface area (Å²) in [6, 6.07) is 5.68. The lowest BCUT2D eigenvalue weighted by Crippen LogP contribution is -2.39. The number of benzene rings is 1. The molecule has 1 aromatic heterocycles. The van der Waals surface area contributed by atoms with Crippen LogP contribution in [0.5, 0.6) is 0 Å². The van der Waals surface area contributed by atoms with Crippen molar-refractivity contribution in [3.05, 3.63) is 34.0 Å². The second-order valence-corrected chi connectivity index (χ2v) is 6.95. The molecule has 1 N–H and O–H groups in total. The van der Waals surface area contributed by atoms with Crippen molar-refractivity contribution >= 4 is 38.8 Å². The van der Waals surface area contributed by atoms with Crippen molar-refractivity contribution in [1.82, 2.24) is 4.90 Å². The lowest BCUT2D eigenvalue weighted by molar-refractivity contribution is -0.138. The first kappa shape index (κ1) is 16.1. The van der Waals surface area contributed by atoms with Gasteiger partial charge in [0.1, 0.15) is 5.58 Å². The highest BCUT2D eigenvalue weighted by atomic mass is 79.9. The van der Waals surface area contributed by atoms with Crippen LogP contribution < -0.4 is 0 Å². The topological polar surface area (TPSA) is 70.8 Å². The number of amides is 1. The molecule has 6 heteroatoms. The number of likely N-dealkylation sites (tertiary alicyclic amines) is 1. The molecule has 0 saturated carbocycles. The Morgan fingerprint density at radius 3 is 2.70 bits per heavy atom. The zero-order valence-electron chi connectivity index (χ0n) is 12.8. The second kappa shape index (κ2) is 6.35. The SMILES string of the molecule is Cc1c(C(=O)N2CCC(CC(=O)O)CC2)oc2ccc(Br)cc12. The third-order valence-corrected chi connectivity index (χ3v) is 4.95. The van der Waals surface area contributed by atoms with Crippen molar-refractivity contribution in [3.63, 3.8) is 0 Å². The highest BCUT2D eigenvalue weighted by molar-refractivity contribution is 9.10. The van der Waals surface area contributed by atoms with Gasteiger partial charge in [0.15, 0.2) is 5.76 Å². The smallest absolute Gasteiger partial charge is 0.303 e. The first-order valence-electron chi connectivity index (χ1n) is 7.65. The van der Waals surface area contributed by atoms with Crippen molar-refractivity contribution in [3.8, 4) is 0 Å². The lowest BCUT2D eigenvalue weighted by Gasteiger charge is -2.30.